The van der Waals surface area contributed by atoms with E-state index in [1.165, 1.54) is 11.3 Å². The fourth-order valence-corrected chi connectivity index (χ4v) is 3.53. The molecule has 0 saturated carbocycles. The van der Waals surface area contributed by atoms with Crippen molar-refractivity contribution in [2.24, 2.45) is 0 Å². The summed E-state index contributed by atoms with van der Waals surface area (Å²) in [4.78, 5) is 10.7. The van der Waals surface area contributed by atoms with E-state index in [1.807, 2.05) is 12.1 Å². The van der Waals surface area contributed by atoms with E-state index < -0.39 is 5.60 Å². The highest BCUT2D eigenvalue weighted by Gasteiger charge is 2.22. The Morgan fingerprint density at radius 2 is 1.87 bits per heavy atom. The molecule has 0 unspecified atom stereocenters. The minimum Gasteiger partial charge on any atom is -0.385 e. The van der Waals surface area contributed by atoms with Gasteiger partial charge in [-0.25, -0.2) is 9.97 Å². The number of halogens is 2. The molecule has 2 heterocycles. The Bertz CT molecular complexity index is 887. The van der Waals surface area contributed by atoms with Crippen LogP contribution >= 0.6 is 34.5 Å². The van der Waals surface area contributed by atoms with Crippen molar-refractivity contribution in [2.75, 3.05) is 12.4 Å². The molecule has 0 aliphatic rings. The summed E-state index contributed by atoms with van der Waals surface area (Å²) in [6, 6.07) is 7.33. The topological polar surface area (TPSA) is 58.0 Å². The van der Waals surface area contributed by atoms with Gasteiger partial charge in [-0.15, -0.1) is 11.3 Å². The zero-order chi connectivity index (χ0) is 16.8. The summed E-state index contributed by atoms with van der Waals surface area (Å²) in [6.07, 6.45) is 0. The molecule has 2 aromatic heterocycles. The maximum Gasteiger partial charge on any atom is 0.224 e. The number of anilines is 1. The van der Waals surface area contributed by atoms with Gasteiger partial charge in [-0.1, -0.05) is 29.3 Å². The van der Waals surface area contributed by atoms with Crippen LogP contribution < -0.4 is 5.32 Å². The lowest BCUT2D eigenvalue weighted by Gasteiger charge is -2.13. The number of thiophene rings is 1. The van der Waals surface area contributed by atoms with Gasteiger partial charge in [-0.2, -0.15) is 0 Å². The summed E-state index contributed by atoms with van der Waals surface area (Å²) < 4.78 is 0. The highest BCUT2D eigenvalue weighted by atomic mass is 35.5. The monoisotopic (exact) mass is 367 g/mol. The van der Waals surface area contributed by atoms with Crippen LogP contribution in [0.25, 0.3) is 21.5 Å². The Morgan fingerprint density at radius 1 is 1.13 bits per heavy atom. The number of hydrogen-bond acceptors (Lipinski definition) is 5. The summed E-state index contributed by atoms with van der Waals surface area (Å²) in [5, 5.41) is 15.1. The number of rotatable bonds is 3. The first-order valence-corrected chi connectivity index (χ1v) is 8.54. The van der Waals surface area contributed by atoms with Crippen LogP contribution in [0.3, 0.4) is 0 Å². The molecule has 0 radical (unpaired) electrons. The molecule has 120 valence electrons. The molecule has 0 atom stereocenters. The van der Waals surface area contributed by atoms with Crippen LogP contribution in [0.5, 0.6) is 0 Å². The first-order chi connectivity index (χ1) is 10.8. The number of nitrogens with zero attached hydrogens (tertiary/aromatic N) is 2. The Morgan fingerprint density at radius 3 is 2.48 bits per heavy atom. The number of aliphatic hydroxyl groups is 1. The fourth-order valence-electron chi connectivity index (χ4n) is 2.20. The molecule has 0 spiro atoms. The van der Waals surface area contributed by atoms with Gasteiger partial charge in [0.1, 0.15) is 4.83 Å². The molecule has 4 nitrogen and oxygen atoms in total. The summed E-state index contributed by atoms with van der Waals surface area (Å²) in [5.41, 5.74) is 0.674. The molecule has 3 aromatic rings. The van der Waals surface area contributed by atoms with Crippen molar-refractivity contribution >= 4 is 50.7 Å². The average molecular weight is 368 g/mol. The minimum absolute atomic E-state index is 0.472. The van der Waals surface area contributed by atoms with Gasteiger partial charge in [0, 0.05) is 22.9 Å². The lowest BCUT2D eigenvalue weighted by atomic mass is 10.1. The second-order valence-electron chi connectivity index (χ2n) is 5.66. The van der Waals surface area contributed by atoms with Crippen molar-refractivity contribution in [1.29, 1.82) is 0 Å². The van der Waals surface area contributed by atoms with Gasteiger partial charge >= 0.3 is 0 Å². The minimum atomic E-state index is -0.930. The first kappa shape index (κ1) is 16.5. The van der Waals surface area contributed by atoms with Crippen molar-refractivity contribution in [1.82, 2.24) is 9.97 Å². The van der Waals surface area contributed by atoms with Crippen LogP contribution in [0.1, 0.15) is 18.7 Å². The predicted octanol–water partition coefficient (Wildman–Crippen LogP) is 4.93. The number of fused-ring (bicyclic) bond motifs is 1. The third-order valence-corrected chi connectivity index (χ3v) is 5.49. The highest BCUT2D eigenvalue weighted by molar-refractivity contribution is 7.18. The quantitative estimate of drug-likeness (QED) is 0.688. The van der Waals surface area contributed by atoms with E-state index in [0.29, 0.717) is 16.0 Å². The summed E-state index contributed by atoms with van der Waals surface area (Å²) in [5.74, 6) is 0.516. The molecule has 0 aliphatic carbocycles. The second kappa shape index (κ2) is 5.91. The Balaban J connectivity index is 2.29. The van der Waals surface area contributed by atoms with Crippen LogP contribution in [0, 0.1) is 0 Å². The smallest absolute Gasteiger partial charge is 0.224 e. The van der Waals surface area contributed by atoms with Crippen molar-refractivity contribution in [3.63, 3.8) is 0 Å². The van der Waals surface area contributed by atoms with Crippen LogP contribution in [-0.2, 0) is 5.60 Å². The van der Waals surface area contributed by atoms with Crippen LogP contribution in [0.2, 0.25) is 10.0 Å². The van der Waals surface area contributed by atoms with Gasteiger partial charge in [0.15, 0.2) is 0 Å². The van der Waals surface area contributed by atoms with Gasteiger partial charge < -0.3 is 10.4 Å². The standard InChI is InChI=1S/C16H15Cl2N3OS/c1-16(2,22)12-7-9-13(8-4-5-10(17)11(18)6-8)20-15(19-3)21-14(9)23-12/h4-7,22H,1-3H3,(H,19,20,21). The van der Waals surface area contributed by atoms with Gasteiger partial charge in [0.2, 0.25) is 5.95 Å². The molecule has 0 bridgehead atoms. The lowest BCUT2D eigenvalue weighted by molar-refractivity contribution is 0.0826. The lowest BCUT2D eigenvalue weighted by Crippen LogP contribution is -2.12. The fraction of sp³-hybridized carbons (Fsp3) is 0.250. The van der Waals surface area contributed by atoms with Crippen LogP contribution in [0.15, 0.2) is 24.3 Å². The summed E-state index contributed by atoms with van der Waals surface area (Å²) in [6.45, 7) is 3.51. The van der Waals surface area contributed by atoms with E-state index in [-0.39, 0.29) is 0 Å². The van der Waals surface area contributed by atoms with Gasteiger partial charge in [0.05, 0.1) is 21.3 Å². The SMILES string of the molecule is CNc1nc(-c2ccc(Cl)c(Cl)c2)c2cc(C(C)(C)O)sc2n1. The number of nitrogens with one attached hydrogen (secondary N) is 1. The molecule has 0 saturated heterocycles. The van der Waals surface area contributed by atoms with E-state index in [1.54, 1.807) is 33.0 Å². The third-order valence-electron chi connectivity index (χ3n) is 3.41. The summed E-state index contributed by atoms with van der Waals surface area (Å²) in [7, 11) is 1.77. The van der Waals surface area contributed by atoms with E-state index >= 15 is 0 Å². The maximum absolute atomic E-state index is 10.3. The maximum atomic E-state index is 10.3. The molecule has 1 aromatic carbocycles. The van der Waals surface area contributed by atoms with E-state index in [9.17, 15) is 5.11 Å². The zero-order valence-electron chi connectivity index (χ0n) is 12.8. The Labute approximate surface area is 148 Å². The number of benzene rings is 1. The Kier molecular flexibility index (Phi) is 4.23. The number of aromatic nitrogens is 2. The largest absolute Gasteiger partial charge is 0.385 e. The van der Waals surface area contributed by atoms with E-state index in [0.717, 1.165) is 26.4 Å². The average Bonchev–Trinajstić information content (AvgIpc) is 2.93. The zero-order valence-corrected chi connectivity index (χ0v) is 15.1. The van der Waals surface area contributed by atoms with Crippen molar-refractivity contribution in [3.8, 4) is 11.3 Å². The van der Waals surface area contributed by atoms with Gasteiger partial charge in [0.25, 0.3) is 0 Å². The van der Waals surface area contributed by atoms with Crippen molar-refractivity contribution in [3.05, 3.63) is 39.2 Å². The third kappa shape index (κ3) is 3.15. The van der Waals surface area contributed by atoms with Crippen molar-refractivity contribution in [2.45, 2.75) is 19.4 Å². The summed E-state index contributed by atoms with van der Waals surface area (Å²) >= 11 is 13.6. The molecular weight excluding hydrogens is 353 g/mol. The molecule has 3 rings (SSSR count). The second-order valence-corrected chi connectivity index (χ2v) is 7.51. The molecule has 7 heteroatoms. The number of hydrogen-bond donors (Lipinski definition) is 2. The molecule has 0 fully saturated rings. The molecule has 23 heavy (non-hydrogen) atoms. The van der Waals surface area contributed by atoms with E-state index in [4.69, 9.17) is 23.2 Å². The highest BCUT2D eigenvalue weighted by Crippen LogP contribution is 2.38. The van der Waals surface area contributed by atoms with Gasteiger partial charge in [-0.05, 0) is 32.0 Å². The predicted molar refractivity (Wildman–Crippen MR) is 97.7 cm³/mol. The van der Waals surface area contributed by atoms with Gasteiger partial charge in [-0.3, -0.25) is 0 Å². The molecule has 0 aliphatic heterocycles. The molecule has 2 N–H and O–H groups in total. The van der Waals surface area contributed by atoms with Crippen molar-refractivity contribution < 1.29 is 5.11 Å². The van der Waals surface area contributed by atoms with E-state index in [2.05, 4.69) is 15.3 Å². The first-order valence-electron chi connectivity index (χ1n) is 6.97. The normalized spacial score (nSPS) is 11.9. The van der Waals surface area contributed by atoms with Crippen LogP contribution in [0.4, 0.5) is 5.95 Å². The molecule has 0 amide bonds. The molecular formula is C16H15Cl2N3OS. The Hall–Kier alpha value is -1.40. The van der Waals surface area contributed by atoms with Crippen LogP contribution in [-0.4, -0.2) is 22.1 Å².